The molecule has 0 radical (unpaired) electrons. The quantitative estimate of drug-likeness (QED) is 0.184. The fourth-order valence-electron chi connectivity index (χ4n) is 6.47. The molecule has 0 fully saturated rings. The first-order chi connectivity index (χ1) is 24.3. The van der Waals surface area contributed by atoms with Crippen LogP contribution in [0.1, 0.15) is 0 Å². The fraction of sp³-hybridized carbons (Fsp3) is 0. The van der Waals surface area contributed by atoms with E-state index in [1.54, 1.807) is 0 Å². The highest BCUT2D eigenvalue weighted by atomic mass is 16.3. The van der Waals surface area contributed by atoms with Crippen molar-refractivity contribution in [3.05, 3.63) is 176 Å². The molecular formula is C45H29N3O. The summed E-state index contributed by atoms with van der Waals surface area (Å²) in [6, 6.07) is 60.6. The fourth-order valence-corrected chi connectivity index (χ4v) is 6.47. The molecule has 49 heavy (non-hydrogen) atoms. The van der Waals surface area contributed by atoms with Gasteiger partial charge in [-0.05, 0) is 63.7 Å². The van der Waals surface area contributed by atoms with Crippen molar-refractivity contribution in [3.8, 4) is 67.5 Å². The number of rotatable bonds is 6. The van der Waals surface area contributed by atoms with E-state index in [1.807, 2.05) is 78.9 Å². The lowest BCUT2D eigenvalue weighted by molar-refractivity contribution is 0.669. The van der Waals surface area contributed by atoms with Gasteiger partial charge in [0.1, 0.15) is 11.2 Å². The third-order valence-electron chi connectivity index (χ3n) is 8.94. The number of aromatic nitrogens is 3. The zero-order valence-electron chi connectivity index (χ0n) is 26.5. The Morgan fingerprint density at radius 2 is 0.755 bits per heavy atom. The summed E-state index contributed by atoms with van der Waals surface area (Å²) < 4.78 is 6.57. The number of para-hydroxylation sites is 1. The van der Waals surface area contributed by atoms with Crippen LogP contribution in [0.15, 0.2) is 180 Å². The maximum atomic E-state index is 6.57. The van der Waals surface area contributed by atoms with Gasteiger partial charge in [0.25, 0.3) is 0 Å². The van der Waals surface area contributed by atoms with Crippen LogP contribution in [-0.2, 0) is 0 Å². The lowest BCUT2D eigenvalue weighted by Crippen LogP contribution is -2.00. The molecule has 0 unspecified atom stereocenters. The Bertz CT molecular complexity index is 2540. The predicted molar refractivity (Wildman–Crippen MR) is 200 cm³/mol. The Labute approximate surface area is 284 Å². The van der Waals surface area contributed by atoms with E-state index in [0.29, 0.717) is 17.5 Å². The van der Waals surface area contributed by atoms with Gasteiger partial charge in [0.2, 0.25) is 0 Å². The largest absolute Gasteiger partial charge is 0.455 e. The van der Waals surface area contributed by atoms with Crippen LogP contribution in [-0.4, -0.2) is 15.0 Å². The summed E-state index contributed by atoms with van der Waals surface area (Å²) in [5.41, 5.74) is 11.3. The molecule has 0 aliphatic heterocycles. The van der Waals surface area contributed by atoms with Crippen molar-refractivity contribution in [1.82, 2.24) is 15.0 Å². The number of hydrogen-bond donors (Lipinski definition) is 0. The molecule has 4 nitrogen and oxygen atoms in total. The normalized spacial score (nSPS) is 11.3. The van der Waals surface area contributed by atoms with Crippen molar-refractivity contribution in [1.29, 1.82) is 0 Å². The molecule has 4 heteroatoms. The van der Waals surface area contributed by atoms with Crippen LogP contribution in [0.5, 0.6) is 0 Å². The van der Waals surface area contributed by atoms with Crippen molar-refractivity contribution in [2.24, 2.45) is 0 Å². The summed E-state index contributed by atoms with van der Waals surface area (Å²) in [4.78, 5) is 14.8. The molecule has 0 amide bonds. The minimum atomic E-state index is 0.572. The topological polar surface area (TPSA) is 51.8 Å². The van der Waals surface area contributed by atoms with Gasteiger partial charge in [-0.1, -0.05) is 146 Å². The number of fused-ring (bicyclic) bond motifs is 3. The van der Waals surface area contributed by atoms with Gasteiger partial charge in [-0.2, -0.15) is 0 Å². The van der Waals surface area contributed by atoms with Crippen LogP contribution in [0.3, 0.4) is 0 Å². The second-order valence-corrected chi connectivity index (χ2v) is 12.1. The average Bonchev–Trinajstić information content (AvgIpc) is 3.57. The number of nitrogens with zero attached hydrogens (tertiary/aromatic N) is 3. The van der Waals surface area contributed by atoms with Crippen LogP contribution >= 0.6 is 0 Å². The van der Waals surface area contributed by atoms with Gasteiger partial charge in [-0.25, -0.2) is 15.0 Å². The lowest BCUT2D eigenvalue weighted by atomic mass is 9.95. The van der Waals surface area contributed by atoms with Crippen molar-refractivity contribution < 1.29 is 4.42 Å². The second kappa shape index (κ2) is 12.2. The maximum absolute atomic E-state index is 6.57. The van der Waals surface area contributed by atoms with Gasteiger partial charge < -0.3 is 4.42 Å². The third-order valence-corrected chi connectivity index (χ3v) is 8.94. The van der Waals surface area contributed by atoms with Crippen LogP contribution in [0.2, 0.25) is 0 Å². The van der Waals surface area contributed by atoms with E-state index in [1.165, 1.54) is 22.3 Å². The molecule has 7 aromatic carbocycles. The van der Waals surface area contributed by atoms with E-state index in [0.717, 1.165) is 49.8 Å². The molecule has 0 saturated heterocycles. The minimum absolute atomic E-state index is 0.572. The van der Waals surface area contributed by atoms with Gasteiger partial charge in [0, 0.05) is 21.9 Å². The van der Waals surface area contributed by atoms with E-state index in [4.69, 9.17) is 19.4 Å². The Kier molecular flexibility index (Phi) is 7.10. The maximum Gasteiger partial charge on any atom is 0.167 e. The summed E-state index contributed by atoms with van der Waals surface area (Å²) >= 11 is 0. The highest BCUT2D eigenvalue weighted by Crippen LogP contribution is 2.38. The van der Waals surface area contributed by atoms with Crippen LogP contribution in [0, 0.1) is 0 Å². The summed E-state index contributed by atoms with van der Waals surface area (Å²) in [5, 5.41) is 2.07. The monoisotopic (exact) mass is 627 g/mol. The standard InChI is InChI=1S/C45H29N3O/c1-4-13-30(14-5-1)33-19-10-20-34(27-33)35-21-11-22-36(28-35)37-25-26-41-40(29-37)38-23-12-24-39(42(38)49-41)45-47-43(31-15-6-2-7-16-31)46-44(48-45)32-17-8-3-9-18-32/h1-29H. The van der Waals surface area contributed by atoms with Gasteiger partial charge in [-0.3, -0.25) is 0 Å². The van der Waals surface area contributed by atoms with Gasteiger partial charge in [0.15, 0.2) is 17.5 Å². The molecule has 0 aliphatic carbocycles. The second-order valence-electron chi connectivity index (χ2n) is 12.1. The van der Waals surface area contributed by atoms with Gasteiger partial charge in [0.05, 0.1) is 5.56 Å². The van der Waals surface area contributed by atoms with Gasteiger partial charge >= 0.3 is 0 Å². The van der Waals surface area contributed by atoms with Crippen molar-refractivity contribution in [3.63, 3.8) is 0 Å². The van der Waals surface area contributed by atoms with Gasteiger partial charge in [-0.15, -0.1) is 0 Å². The highest BCUT2D eigenvalue weighted by molar-refractivity contribution is 6.10. The minimum Gasteiger partial charge on any atom is -0.455 e. The predicted octanol–water partition coefficient (Wildman–Crippen LogP) is 11.8. The van der Waals surface area contributed by atoms with E-state index in [-0.39, 0.29) is 0 Å². The Hall–Kier alpha value is -6.65. The van der Waals surface area contributed by atoms with Crippen LogP contribution in [0.25, 0.3) is 89.5 Å². The number of benzene rings is 7. The molecule has 0 bridgehead atoms. The third kappa shape index (κ3) is 5.45. The Morgan fingerprint density at radius 3 is 1.33 bits per heavy atom. The first kappa shape index (κ1) is 28.6. The molecule has 9 aromatic rings. The molecule has 2 aromatic heterocycles. The SMILES string of the molecule is c1ccc(-c2cccc(-c3cccc(-c4ccc5oc6c(-c7nc(-c8ccccc8)nc(-c8ccccc8)n7)cccc6c5c4)c3)c2)cc1. The van der Waals surface area contributed by atoms with Crippen molar-refractivity contribution in [2.45, 2.75) is 0 Å². The van der Waals surface area contributed by atoms with E-state index in [9.17, 15) is 0 Å². The van der Waals surface area contributed by atoms with E-state index >= 15 is 0 Å². The highest BCUT2D eigenvalue weighted by Gasteiger charge is 2.18. The molecule has 9 rings (SSSR count). The molecule has 0 aliphatic rings. The zero-order valence-corrected chi connectivity index (χ0v) is 26.5. The Morgan fingerprint density at radius 1 is 0.306 bits per heavy atom. The first-order valence-corrected chi connectivity index (χ1v) is 16.4. The summed E-state index contributed by atoms with van der Waals surface area (Å²) in [6.45, 7) is 0. The molecule has 0 N–H and O–H groups in total. The Balaban J connectivity index is 1.13. The van der Waals surface area contributed by atoms with Crippen molar-refractivity contribution >= 4 is 21.9 Å². The number of hydrogen-bond acceptors (Lipinski definition) is 4. The molecular weight excluding hydrogens is 599 g/mol. The summed E-state index contributed by atoms with van der Waals surface area (Å²) in [5.74, 6) is 1.81. The van der Waals surface area contributed by atoms with Crippen LogP contribution in [0.4, 0.5) is 0 Å². The molecule has 0 atom stereocenters. The molecule has 230 valence electrons. The lowest BCUT2D eigenvalue weighted by Gasteiger charge is -2.09. The molecule has 2 heterocycles. The smallest absolute Gasteiger partial charge is 0.167 e. The van der Waals surface area contributed by atoms with Crippen LogP contribution < -0.4 is 0 Å². The first-order valence-electron chi connectivity index (χ1n) is 16.4. The average molecular weight is 628 g/mol. The van der Waals surface area contributed by atoms with E-state index in [2.05, 4.69) is 97.1 Å². The molecule has 0 spiro atoms. The summed E-state index contributed by atoms with van der Waals surface area (Å²) in [7, 11) is 0. The number of furan rings is 1. The zero-order chi connectivity index (χ0) is 32.6. The van der Waals surface area contributed by atoms with E-state index < -0.39 is 0 Å². The molecule has 0 saturated carbocycles. The summed E-state index contributed by atoms with van der Waals surface area (Å²) in [6.07, 6.45) is 0. The van der Waals surface area contributed by atoms with Crippen molar-refractivity contribution in [2.75, 3.05) is 0 Å².